The van der Waals surface area contributed by atoms with E-state index < -0.39 is 39.9 Å². The molecule has 0 atom stereocenters. The molecule has 27 heavy (non-hydrogen) atoms. The fourth-order valence-corrected chi connectivity index (χ4v) is 3.12. The van der Waals surface area contributed by atoms with Crippen molar-refractivity contribution in [2.24, 2.45) is 0 Å². The molecule has 2 heterocycles. The first-order chi connectivity index (χ1) is 12.8. The Morgan fingerprint density at radius 1 is 1.26 bits per heavy atom. The minimum Gasteiger partial charge on any atom is -0.503 e. The van der Waals surface area contributed by atoms with Crippen LogP contribution in [0.4, 0.5) is 18.0 Å². The average molecular weight is 396 g/mol. The lowest BCUT2D eigenvalue weighted by Gasteiger charge is -2.12. The van der Waals surface area contributed by atoms with E-state index in [9.17, 15) is 27.9 Å². The maximum atomic E-state index is 13.9. The fraction of sp³-hybridized carbons (Fsp3) is 0.118. The number of ether oxygens (including phenoxy) is 1. The number of benzene rings is 1. The minimum absolute atomic E-state index is 0.0986. The summed E-state index contributed by atoms with van der Waals surface area (Å²) >= 11 is 0.476. The predicted octanol–water partition coefficient (Wildman–Crippen LogP) is 3.45. The zero-order valence-corrected chi connectivity index (χ0v) is 14.5. The molecule has 1 aromatic heterocycles. The number of methoxy groups -OCH3 is 1. The summed E-state index contributed by atoms with van der Waals surface area (Å²) in [5.41, 5.74) is -0.276. The van der Waals surface area contributed by atoms with E-state index in [4.69, 9.17) is 4.74 Å². The summed E-state index contributed by atoms with van der Waals surface area (Å²) in [6, 6.07) is 3.45. The highest BCUT2D eigenvalue weighted by molar-refractivity contribution is 8.18. The molecule has 10 heteroatoms. The molecule has 3 rings (SSSR count). The lowest BCUT2D eigenvalue weighted by Crippen LogP contribution is -2.27. The topological polar surface area (TPSA) is 79.7 Å². The van der Waals surface area contributed by atoms with Gasteiger partial charge in [-0.05, 0) is 23.4 Å². The summed E-state index contributed by atoms with van der Waals surface area (Å²) in [7, 11) is 1.44. The van der Waals surface area contributed by atoms with E-state index >= 15 is 0 Å². The normalized spacial score (nSPS) is 15.7. The largest absolute Gasteiger partial charge is 0.503 e. The van der Waals surface area contributed by atoms with E-state index in [1.54, 1.807) is 12.1 Å². The van der Waals surface area contributed by atoms with Crippen molar-refractivity contribution in [1.82, 2.24) is 9.88 Å². The number of imide groups is 1. The molecule has 2 aromatic rings. The highest BCUT2D eigenvalue weighted by Gasteiger charge is 2.35. The lowest BCUT2D eigenvalue weighted by atomic mass is 10.1. The van der Waals surface area contributed by atoms with E-state index in [2.05, 4.69) is 4.98 Å². The molecule has 2 amide bonds. The van der Waals surface area contributed by atoms with Crippen LogP contribution in [0.2, 0.25) is 0 Å². The zero-order chi connectivity index (χ0) is 19.7. The van der Waals surface area contributed by atoms with E-state index in [0.717, 1.165) is 11.0 Å². The van der Waals surface area contributed by atoms with Crippen molar-refractivity contribution >= 4 is 29.0 Å². The second kappa shape index (κ2) is 7.31. The smallest absolute Gasteiger partial charge is 0.293 e. The third kappa shape index (κ3) is 3.61. The molecule has 0 saturated carbocycles. The lowest BCUT2D eigenvalue weighted by molar-refractivity contribution is -0.123. The number of phenols is 1. The summed E-state index contributed by atoms with van der Waals surface area (Å²) in [6.07, 6.45) is 2.18. The molecule has 1 fully saturated rings. The highest BCUT2D eigenvalue weighted by Crippen LogP contribution is 2.35. The number of halogens is 3. The van der Waals surface area contributed by atoms with E-state index in [0.29, 0.717) is 23.2 Å². The van der Waals surface area contributed by atoms with Crippen LogP contribution in [0.1, 0.15) is 11.1 Å². The van der Waals surface area contributed by atoms with Gasteiger partial charge in [0.15, 0.2) is 17.4 Å². The summed E-state index contributed by atoms with van der Waals surface area (Å²) in [4.78, 5) is 29.1. The molecule has 140 valence electrons. The van der Waals surface area contributed by atoms with Crippen LogP contribution in [-0.4, -0.2) is 33.2 Å². The number of aromatic hydroxyl groups is 1. The van der Waals surface area contributed by atoms with Crippen molar-refractivity contribution in [1.29, 1.82) is 0 Å². The van der Waals surface area contributed by atoms with Crippen LogP contribution in [0, 0.1) is 17.5 Å². The van der Waals surface area contributed by atoms with Gasteiger partial charge in [0.25, 0.3) is 11.1 Å². The van der Waals surface area contributed by atoms with Gasteiger partial charge in [-0.1, -0.05) is 6.07 Å². The first-order valence-electron chi connectivity index (χ1n) is 7.42. The molecular formula is C17H11F3N2O4S. The van der Waals surface area contributed by atoms with Gasteiger partial charge in [0.2, 0.25) is 5.88 Å². The molecule has 1 saturated heterocycles. The number of phenolic OH excluding ortho intramolecular Hbond substituents is 1. The van der Waals surface area contributed by atoms with Gasteiger partial charge < -0.3 is 9.84 Å². The first kappa shape index (κ1) is 18.8. The number of hydrogen-bond donors (Lipinski definition) is 1. The number of carbonyl (C=O) groups excluding carboxylic acids is 2. The Labute approximate surface area is 155 Å². The van der Waals surface area contributed by atoms with Gasteiger partial charge in [-0.15, -0.1) is 0 Å². The molecular weight excluding hydrogens is 385 g/mol. The number of rotatable bonds is 4. The van der Waals surface area contributed by atoms with Crippen molar-refractivity contribution in [2.75, 3.05) is 7.11 Å². The second-order valence-electron chi connectivity index (χ2n) is 5.39. The summed E-state index contributed by atoms with van der Waals surface area (Å²) in [5, 5.41) is 8.62. The van der Waals surface area contributed by atoms with Crippen LogP contribution < -0.4 is 4.74 Å². The zero-order valence-electron chi connectivity index (χ0n) is 13.7. The molecule has 6 nitrogen and oxygen atoms in total. The molecule has 0 unspecified atom stereocenters. The van der Waals surface area contributed by atoms with E-state index in [1.165, 1.54) is 13.3 Å². The maximum Gasteiger partial charge on any atom is 0.293 e. The van der Waals surface area contributed by atoms with Gasteiger partial charge in [-0.3, -0.25) is 14.5 Å². The number of aromatic nitrogens is 1. The molecule has 0 spiro atoms. The molecule has 1 N–H and O–H groups in total. The Bertz CT molecular complexity index is 964. The third-order valence-electron chi connectivity index (χ3n) is 3.68. The summed E-state index contributed by atoms with van der Waals surface area (Å²) in [5.74, 6) is -6.13. The number of pyridine rings is 1. The number of hydrogen-bond acceptors (Lipinski definition) is 6. The van der Waals surface area contributed by atoms with Crippen molar-refractivity contribution < 1.29 is 32.6 Å². The Kier molecular flexibility index (Phi) is 5.08. The van der Waals surface area contributed by atoms with Gasteiger partial charge in [-0.25, -0.2) is 18.2 Å². The van der Waals surface area contributed by atoms with Crippen LogP contribution in [0.3, 0.4) is 0 Å². The van der Waals surface area contributed by atoms with Gasteiger partial charge in [0.05, 0.1) is 24.1 Å². The third-order valence-corrected chi connectivity index (χ3v) is 4.59. The Morgan fingerprint density at radius 2 is 2.00 bits per heavy atom. The van der Waals surface area contributed by atoms with Crippen LogP contribution in [0.15, 0.2) is 29.3 Å². The number of amides is 2. The average Bonchev–Trinajstić information content (AvgIpc) is 2.91. The SMILES string of the molecule is COc1ccc(CN2C(=O)S/C(=C\c3c(F)cc(F)c(O)c3F)C2=O)cn1. The summed E-state index contributed by atoms with van der Waals surface area (Å²) in [6.45, 7) is -0.0986. The van der Waals surface area contributed by atoms with Crippen LogP contribution in [0.5, 0.6) is 11.6 Å². The number of nitrogens with zero attached hydrogens (tertiary/aromatic N) is 2. The van der Waals surface area contributed by atoms with Crippen LogP contribution in [0.25, 0.3) is 6.08 Å². The van der Waals surface area contributed by atoms with Crippen molar-refractivity contribution in [3.8, 4) is 11.6 Å². The van der Waals surface area contributed by atoms with Gasteiger partial charge >= 0.3 is 0 Å². The monoisotopic (exact) mass is 396 g/mol. The van der Waals surface area contributed by atoms with E-state index in [-0.39, 0.29) is 17.5 Å². The molecule has 0 aliphatic carbocycles. The van der Waals surface area contributed by atoms with E-state index in [1.807, 2.05) is 0 Å². The quantitative estimate of drug-likeness (QED) is 0.798. The molecule has 1 aromatic carbocycles. The first-order valence-corrected chi connectivity index (χ1v) is 8.24. The molecule has 1 aliphatic heterocycles. The van der Waals surface area contributed by atoms with Crippen LogP contribution >= 0.6 is 11.8 Å². The highest BCUT2D eigenvalue weighted by atomic mass is 32.2. The second-order valence-corrected chi connectivity index (χ2v) is 6.39. The summed E-state index contributed by atoms with van der Waals surface area (Å²) < 4.78 is 45.8. The maximum absolute atomic E-state index is 13.9. The Balaban J connectivity index is 1.87. The predicted molar refractivity (Wildman–Crippen MR) is 90.3 cm³/mol. The van der Waals surface area contributed by atoms with Crippen LogP contribution in [-0.2, 0) is 11.3 Å². The standard InChI is InChI=1S/C17H11F3N2O4S/c1-26-13-3-2-8(6-21-13)7-22-16(24)12(27-17(22)25)4-9-10(18)5-11(19)15(23)14(9)20/h2-6,23H,7H2,1H3/b12-4-. The molecule has 0 bridgehead atoms. The Hall–Kier alpha value is -3.01. The number of thioether (sulfide) groups is 1. The molecule has 0 radical (unpaired) electrons. The van der Waals surface area contributed by atoms with Gasteiger partial charge in [0, 0.05) is 18.3 Å². The Morgan fingerprint density at radius 3 is 2.63 bits per heavy atom. The van der Waals surface area contributed by atoms with Crippen molar-refractivity contribution in [2.45, 2.75) is 6.54 Å². The van der Waals surface area contributed by atoms with Crippen molar-refractivity contribution in [3.05, 3.63) is 57.9 Å². The minimum atomic E-state index is -1.56. The van der Waals surface area contributed by atoms with Gasteiger partial charge in [-0.2, -0.15) is 0 Å². The van der Waals surface area contributed by atoms with Crippen molar-refractivity contribution in [3.63, 3.8) is 0 Å². The fourth-order valence-electron chi connectivity index (χ4n) is 2.30. The molecule has 1 aliphatic rings. The van der Waals surface area contributed by atoms with Gasteiger partial charge in [0.1, 0.15) is 5.82 Å². The number of carbonyl (C=O) groups is 2.